The lowest BCUT2D eigenvalue weighted by Crippen LogP contribution is -2.53. The predicted octanol–water partition coefficient (Wildman–Crippen LogP) is 3.35. The number of alkyl carbamates (subject to hydrolysis) is 1. The van der Waals surface area contributed by atoms with E-state index in [1.807, 2.05) is 37.3 Å². The van der Waals surface area contributed by atoms with E-state index in [1.165, 1.54) is 17.9 Å². The number of hydrogen-bond acceptors (Lipinski definition) is 9. The summed E-state index contributed by atoms with van der Waals surface area (Å²) in [6, 6.07) is 9.47. The Hall–Kier alpha value is -3.67. The number of hydrogen-bond donors (Lipinski definition) is 1. The molecule has 11 nitrogen and oxygen atoms in total. The third-order valence-corrected chi connectivity index (χ3v) is 7.03. The molecule has 1 fully saturated rings. The van der Waals surface area contributed by atoms with Gasteiger partial charge in [0.15, 0.2) is 5.69 Å². The van der Waals surface area contributed by atoms with Gasteiger partial charge in [-0.3, -0.25) is 4.79 Å². The Kier molecular flexibility index (Phi) is 7.91. The lowest BCUT2D eigenvalue weighted by atomic mass is 9.80. The van der Waals surface area contributed by atoms with Crippen molar-refractivity contribution < 1.29 is 36.5 Å². The first-order valence-electron chi connectivity index (χ1n) is 12.4. The number of ether oxygens (including phenoxy) is 2. The van der Waals surface area contributed by atoms with Gasteiger partial charge < -0.3 is 23.9 Å². The van der Waals surface area contributed by atoms with Crippen LogP contribution in [0.15, 0.2) is 36.4 Å². The third kappa shape index (κ3) is 6.07. The smallest absolute Gasteiger partial charge is 0.407 e. The van der Waals surface area contributed by atoms with Crippen LogP contribution in [0.5, 0.6) is 5.88 Å². The van der Waals surface area contributed by atoms with Crippen LogP contribution in [-0.2, 0) is 31.0 Å². The number of carbonyl (C=O) groups excluding carboxylic acids is 3. The van der Waals surface area contributed by atoms with E-state index in [2.05, 4.69) is 10.3 Å². The largest absolute Gasteiger partial charge is 0.461 e. The molecule has 3 atom stereocenters. The van der Waals surface area contributed by atoms with E-state index in [4.69, 9.17) is 13.7 Å². The van der Waals surface area contributed by atoms with Crippen molar-refractivity contribution >= 4 is 33.8 Å². The summed E-state index contributed by atoms with van der Waals surface area (Å²) in [6.45, 7) is 4.99. The third-order valence-electron chi connectivity index (χ3n) is 6.57. The number of carbonyl (C=O) groups is 3. The summed E-state index contributed by atoms with van der Waals surface area (Å²) < 4.78 is 40.1. The van der Waals surface area contributed by atoms with Gasteiger partial charge in [-0.25, -0.2) is 14.6 Å². The van der Waals surface area contributed by atoms with Gasteiger partial charge in [-0.2, -0.15) is 8.42 Å². The van der Waals surface area contributed by atoms with E-state index in [-0.39, 0.29) is 48.4 Å². The molecule has 1 N–H and O–H groups in total. The van der Waals surface area contributed by atoms with Gasteiger partial charge in [0.25, 0.3) is 5.88 Å². The number of nitrogens with one attached hydrogen (secondary N) is 1. The minimum atomic E-state index is -4.09. The zero-order chi connectivity index (χ0) is 27.6. The average Bonchev–Trinajstić information content (AvgIpc) is 3.69. The number of benzene rings is 1. The first-order chi connectivity index (χ1) is 18.0. The molecule has 2 aliphatic rings. The van der Waals surface area contributed by atoms with Crippen molar-refractivity contribution in [3.63, 3.8) is 0 Å². The Morgan fingerprint density at radius 3 is 2.39 bits per heavy atom. The van der Waals surface area contributed by atoms with Gasteiger partial charge in [0.2, 0.25) is 5.91 Å². The van der Waals surface area contributed by atoms with Gasteiger partial charge in [0, 0.05) is 24.4 Å². The summed E-state index contributed by atoms with van der Waals surface area (Å²) in [7, 11) is -4.09. The van der Waals surface area contributed by atoms with Crippen molar-refractivity contribution in [1.82, 2.24) is 10.3 Å². The fourth-order valence-corrected chi connectivity index (χ4v) is 5.34. The molecule has 38 heavy (non-hydrogen) atoms. The van der Waals surface area contributed by atoms with Crippen molar-refractivity contribution in [2.45, 2.75) is 52.3 Å². The molecule has 204 valence electrons. The number of aromatic nitrogens is 1. The maximum Gasteiger partial charge on any atom is 0.407 e. The van der Waals surface area contributed by atoms with Gasteiger partial charge in [0.05, 0.1) is 18.9 Å². The lowest BCUT2D eigenvalue weighted by Gasteiger charge is -2.45. The summed E-state index contributed by atoms with van der Waals surface area (Å²) in [5.74, 6) is -1.74. The van der Waals surface area contributed by atoms with Crippen LogP contribution in [0.1, 0.15) is 61.3 Å². The molecule has 1 aliphatic heterocycles. The molecule has 2 amide bonds. The maximum atomic E-state index is 13.0. The number of esters is 1. The van der Waals surface area contributed by atoms with Gasteiger partial charge in [-0.15, -0.1) is 0 Å². The highest BCUT2D eigenvalue weighted by atomic mass is 32.2. The Morgan fingerprint density at radius 2 is 1.82 bits per heavy atom. The topological polar surface area (TPSA) is 141 Å². The molecule has 0 saturated heterocycles. The second kappa shape index (κ2) is 11.0. The average molecular weight is 546 g/mol. The molecule has 0 spiro atoms. The van der Waals surface area contributed by atoms with E-state index in [1.54, 1.807) is 6.92 Å². The molecule has 2 aromatic rings. The van der Waals surface area contributed by atoms with Crippen molar-refractivity contribution in [3.05, 3.63) is 53.2 Å². The van der Waals surface area contributed by atoms with E-state index in [0.29, 0.717) is 5.56 Å². The zero-order valence-corrected chi connectivity index (χ0v) is 22.5. The Balaban J connectivity index is 1.80. The molecule has 0 radical (unpaired) electrons. The maximum absolute atomic E-state index is 13.0. The highest BCUT2D eigenvalue weighted by Crippen LogP contribution is 2.51. The highest BCUT2D eigenvalue weighted by Gasteiger charge is 2.50. The Bertz CT molecular complexity index is 1330. The monoisotopic (exact) mass is 545 g/mol. The lowest BCUT2D eigenvalue weighted by molar-refractivity contribution is -0.117. The summed E-state index contributed by atoms with van der Waals surface area (Å²) >= 11 is 0. The molecule has 0 bridgehead atoms. The summed E-state index contributed by atoms with van der Waals surface area (Å²) in [5.41, 5.74) is 0.988. The van der Waals surface area contributed by atoms with Crippen LogP contribution in [0.3, 0.4) is 0 Å². The first-order valence-corrected chi connectivity index (χ1v) is 14.2. The molecular weight excluding hydrogens is 514 g/mol. The van der Waals surface area contributed by atoms with Crippen molar-refractivity contribution in [3.8, 4) is 5.88 Å². The number of pyridine rings is 1. The van der Waals surface area contributed by atoms with Gasteiger partial charge in [-0.1, -0.05) is 37.3 Å². The Labute approximate surface area is 221 Å². The van der Waals surface area contributed by atoms with Gasteiger partial charge >= 0.3 is 22.2 Å². The Morgan fingerprint density at radius 1 is 1.13 bits per heavy atom. The fourth-order valence-electron chi connectivity index (χ4n) is 4.93. The quantitative estimate of drug-likeness (QED) is 0.390. The van der Waals surface area contributed by atoms with E-state index in [9.17, 15) is 22.8 Å². The SMILES string of the molecule is CCOC(=O)c1cc2c(c(OS(C)(=O)=O)n1)N(C(C)=O)[C@@H](C1CC1)[C@H](C)[C@H]2NC(=O)OCc1ccccc1. The van der Waals surface area contributed by atoms with E-state index >= 15 is 0 Å². The number of rotatable bonds is 8. The molecule has 2 heterocycles. The van der Waals surface area contributed by atoms with Gasteiger partial charge in [-0.05, 0) is 37.3 Å². The number of fused-ring (bicyclic) bond motifs is 1. The van der Waals surface area contributed by atoms with Crippen LogP contribution >= 0.6 is 0 Å². The summed E-state index contributed by atoms with van der Waals surface area (Å²) in [5, 5.41) is 2.87. The molecule has 0 unspecified atom stereocenters. The molecular formula is C26H31N3O8S. The first kappa shape index (κ1) is 27.4. The molecule has 1 aromatic heterocycles. The summed E-state index contributed by atoms with van der Waals surface area (Å²) in [4.78, 5) is 44.2. The second-order valence-corrected chi connectivity index (χ2v) is 11.1. The van der Waals surface area contributed by atoms with Crippen LogP contribution in [0, 0.1) is 11.8 Å². The number of anilines is 1. The van der Waals surface area contributed by atoms with Crippen LogP contribution in [0.25, 0.3) is 0 Å². The highest BCUT2D eigenvalue weighted by molar-refractivity contribution is 7.86. The van der Waals surface area contributed by atoms with Crippen LogP contribution in [-0.4, -0.2) is 50.3 Å². The minimum absolute atomic E-state index is 0.0408. The van der Waals surface area contributed by atoms with Crippen molar-refractivity contribution in [1.29, 1.82) is 0 Å². The predicted molar refractivity (Wildman–Crippen MR) is 137 cm³/mol. The van der Waals surface area contributed by atoms with Crippen molar-refractivity contribution in [2.24, 2.45) is 11.8 Å². The van der Waals surface area contributed by atoms with Crippen LogP contribution in [0.2, 0.25) is 0 Å². The van der Waals surface area contributed by atoms with Crippen LogP contribution < -0.4 is 14.4 Å². The second-order valence-electron chi connectivity index (χ2n) is 9.52. The van der Waals surface area contributed by atoms with Crippen LogP contribution in [0.4, 0.5) is 10.5 Å². The minimum Gasteiger partial charge on any atom is -0.461 e. The van der Waals surface area contributed by atoms with E-state index in [0.717, 1.165) is 24.7 Å². The number of nitrogens with zero attached hydrogens (tertiary/aromatic N) is 2. The molecule has 1 aromatic carbocycles. The molecule has 4 rings (SSSR count). The molecule has 1 saturated carbocycles. The standard InChI is InChI=1S/C26H31N3O8S/c1-5-35-25(31)20-13-19-21(28-26(32)36-14-17-9-7-6-8-10-17)15(2)22(18-11-12-18)29(16(3)30)23(19)24(27-20)37-38(4,33)34/h6-10,13,15,18,21-22H,5,11-12,14H2,1-4H3,(H,28,32)/t15-,21-,22-/m1/s1. The molecule has 12 heteroatoms. The fraction of sp³-hybridized carbons (Fsp3) is 0.462. The normalized spacial score (nSPS) is 20.7. The van der Waals surface area contributed by atoms with Crippen molar-refractivity contribution in [2.75, 3.05) is 17.8 Å². The zero-order valence-electron chi connectivity index (χ0n) is 21.7. The molecule has 1 aliphatic carbocycles. The summed E-state index contributed by atoms with van der Waals surface area (Å²) in [6.07, 6.45) is 1.88. The van der Waals surface area contributed by atoms with E-state index < -0.39 is 34.1 Å². The van der Waals surface area contributed by atoms with Gasteiger partial charge in [0.1, 0.15) is 12.3 Å². The number of amides is 2.